The molecule has 0 fully saturated rings. The second-order valence-corrected chi connectivity index (χ2v) is 7.11. The second kappa shape index (κ2) is 6.96. The van der Waals surface area contributed by atoms with Crippen LogP contribution < -0.4 is 10.4 Å². The van der Waals surface area contributed by atoms with Gasteiger partial charge in [-0.3, -0.25) is 4.79 Å². The van der Waals surface area contributed by atoms with E-state index < -0.39 is 11.6 Å². The molecular weight excluding hydrogens is 416 g/mol. The van der Waals surface area contributed by atoms with Gasteiger partial charge in [0.25, 0.3) is 0 Å². The Morgan fingerprint density at radius 2 is 2.05 bits per heavy atom. The molecule has 1 heterocycles. The molecule has 0 amide bonds. The number of carbonyl (C=O) groups excluding carboxylic acids is 1. The van der Waals surface area contributed by atoms with Gasteiger partial charge in [0.05, 0.1) is 0 Å². The number of ether oxygens (including phenoxy) is 1. The summed E-state index contributed by atoms with van der Waals surface area (Å²) in [7, 11) is 0. The number of alkyl halides is 2. The fourth-order valence-corrected chi connectivity index (χ4v) is 2.97. The largest absolute Gasteiger partial charge is 0.426 e. The van der Waals surface area contributed by atoms with Gasteiger partial charge in [0.1, 0.15) is 11.3 Å². The minimum absolute atomic E-state index is 0.203. The number of halogens is 2. The van der Waals surface area contributed by atoms with Gasteiger partial charge >= 0.3 is 11.6 Å². The lowest BCUT2D eigenvalue weighted by molar-refractivity contribution is -0.131. The van der Waals surface area contributed by atoms with E-state index in [2.05, 4.69) is 31.9 Å². The average molecular weight is 432 g/mol. The minimum atomic E-state index is -0.409. The van der Waals surface area contributed by atoms with Crippen LogP contribution >= 0.6 is 31.9 Å². The molecule has 1 atom stereocenters. The van der Waals surface area contributed by atoms with E-state index in [1.165, 1.54) is 13.0 Å². The highest BCUT2D eigenvalue weighted by Crippen LogP contribution is 2.34. The lowest BCUT2D eigenvalue weighted by Gasteiger charge is -2.16. The van der Waals surface area contributed by atoms with Gasteiger partial charge in [0, 0.05) is 34.1 Å². The standard InChI is InChI=1S/C16H16Br2O4/c1-8-4-14(20)22-16-9(2)15(21-10(3)19)11(6-13(8)16)5-12(18)7-17/h4,6,12H,5,7H2,1-3H3/t12-/m1/s1. The Hall–Kier alpha value is -1.14. The minimum Gasteiger partial charge on any atom is -0.426 e. The Morgan fingerprint density at radius 3 is 2.64 bits per heavy atom. The number of aryl methyl sites for hydroxylation is 2. The Labute approximate surface area is 145 Å². The molecule has 0 unspecified atom stereocenters. The summed E-state index contributed by atoms with van der Waals surface area (Å²) in [5.41, 5.74) is 2.47. The topological polar surface area (TPSA) is 56.5 Å². The Kier molecular flexibility index (Phi) is 5.45. The second-order valence-electron chi connectivity index (χ2n) is 5.16. The van der Waals surface area contributed by atoms with Gasteiger partial charge < -0.3 is 9.15 Å². The first kappa shape index (κ1) is 17.2. The zero-order valence-electron chi connectivity index (χ0n) is 12.5. The molecule has 2 rings (SSSR count). The number of hydrogen-bond acceptors (Lipinski definition) is 4. The summed E-state index contributed by atoms with van der Waals surface area (Å²) in [6.45, 7) is 5.02. The van der Waals surface area contributed by atoms with E-state index in [9.17, 15) is 9.59 Å². The molecule has 2 aromatic rings. The number of rotatable bonds is 4. The predicted molar refractivity (Wildman–Crippen MR) is 93.5 cm³/mol. The van der Waals surface area contributed by atoms with Crippen molar-refractivity contribution in [2.75, 3.05) is 5.33 Å². The fourth-order valence-electron chi connectivity index (χ4n) is 2.39. The molecule has 0 N–H and O–H groups in total. The predicted octanol–water partition coefficient (Wildman–Crippen LogP) is 4.04. The van der Waals surface area contributed by atoms with Crippen LogP contribution in [0.4, 0.5) is 0 Å². The molecule has 118 valence electrons. The average Bonchev–Trinajstić information content (AvgIpc) is 2.43. The molecule has 0 saturated heterocycles. The molecule has 0 bridgehead atoms. The third-order valence-corrected chi connectivity index (χ3v) is 5.65. The van der Waals surface area contributed by atoms with Gasteiger partial charge in [0.2, 0.25) is 0 Å². The Bertz CT molecular complexity index is 780. The number of carbonyl (C=O) groups is 1. The number of esters is 1. The van der Waals surface area contributed by atoms with Gasteiger partial charge in [-0.25, -0.2) is 4.79 Å². The SMILES string of the molecule is CC(=O)Oc1c(C[C@@H](Br)CBr)cc2c(C)cc(=O)oc2c1C. The first-order valence-electron chi connectivity index (χ1n) is 6.78. The molecule has 1 aromatic heterocycles. The van der Waals surface area contributed by atoms with Gasteiger partial charge in [-0.1, -0.05) is 31.9 Å². The smallest absolute Gasteiger partial charge is 0.336 e. The Morgan fingerprint density at radius 1 is 1.36 bits per heavy atom. The molecule has 0 radical (unpaired) electrons. The lowest BCUT2D eigenvalue weighted by atomic mass is 9.99. The highest BCUT2D eigenvalue weighted by Gasteiger charge is 2.18. The van der Waals surface area contributed by atoms with Crippen molar-refractivity contribution in [3.05, 3.63) is 39.2 Å². The third-order valence-electron chi connectivity index (χ3n) is 3.35. The van der Waals surface area contributed by atoms with Crippen molar-refractivity contribution < 1.29 is 13.9 Å². The van der Waals surface area contributed by atoms with Crippen LogP contribution in [0.25, 0.3) is 11.0 Å². The molecule has 0 aliphatic rings. The fraction of sp³-hybridized carbons (Fsp3) is 0.375. The van der Waals surface area contributed by atoms with E-state index in [1.807, 2.05) is 13.0 Å². The molecule has 22 heavy (non-hydrogen) atoms. The number of benzene rings is 1. The number of hydrogen-bond donors (Lipinski definition) is 0. The first-order chi connectivity index (χ1) is 10.3. The molecule has 6 heteroatoms. The van der Waals surface area contributed by atoms with Crippen LogP contribution in [0.15, 0.2) is 21.3 Å². The normalized spacial score (nSPS) is 12.4. The summed E-state index contributed by atoms with van der Waals surface area (Å²) in [4.78, 5) is 23.2. The van der Waals surface area contributed by atoms with Crippen LogP contribution in [0.1, 0.15) is 23.6 Å². The van der Waals surface area contributed by atoms with Crippen LogP contribution in [0, 0.1) is 13.8 Å². The van der Waals surface area contributed by atoms with E-state index in [-0.39, 0.29) is 4.83 Å². The molecule has 0 aliphatic carbocycles. The third kappa shape index (κ3) is 3.60. The van der Waals surface area contributed by atoms with Crippen LogP contribution in [0.5, 0.6) is 5.75 Å². The quantitative estimate of drug-likeness (QED) is 0.317. The lowest BCUT2D eigenvalue weighted by Crippen LogP contribution is -2.11. The zero-order valence-corrected chi connectivity index (χ0v) is 15.7. The highest BCUT2D eigenvalue weighted by molar-refractivity contribution is 9.12. The summed E-state index contributed by atoms with van der Waals surface area (Å²) in [6, 6.07) is 3.39. The summed E-state index contributed by atoms with van der Waals surface area (Å²) in [5.74, 6) is 0.0721. The molecule has 4 nitrogen and oxygen atoms in total. The van der Waals surface area contributed by atoms with Crippen molar-refractivity contribution in [1.82, 2.24) is 0 Å². The van der Waals surface area contributed by atoms with Gasteiger partial charge in [-0.15, -0.1) is 0 Å². The van der Waals surface area contributed by atoms with Crippen LogP contribution in [0.2, 0.25) is 0 Å². The maximum absolute atomic E-state index is 11.6. The highest BCUT2D eigenvalue weighted by atomic mass is 79.9. The molecule has 0 spiro atoms. The molecule has 0 saturated carbocycles. The van der Waals surface area contributed by atoms with E-state index in [0.717, 1.165) is 21.8 Å². The molecular formula is C16H16Br2O4. The summed E-state index contributed by atoms with van der Waals surface area (Å²) in [6.07, 6.45) is 0.684. The maximum Gasteiger partial charge on any atom is 0.336 e. The van der Waals surface area contributed by atoms with E-state index in [1.54, 1.807) is 6.92 Å². The van der Waals surface area contributed by atoms with Gasteiger partial charge in [-0.05, 0) is 37.5 Å². The van der Waals surface area contributed by atoms with Crippen LogP contribution in [-0.2, 0) is 11.2 Å². The molecule has 0 aliphatic heterocycles. The first-order valence-corrected chi connectivity index (χ1v) is 8.82. The monoisotopic (exact) mass is 430 g/mol. The van der Waals surface area contributed by atoms with Gasteiger partial charge in [-0.2, -0.15) is 0 Å². The number of fused-ring (bicyclic) bond motifs is 1. The van der Waals surface area contributed by atoms with Crippen molar-refractivity contribution in [3.63, 3.8) is 0 Å². The van der Waals surface area contributed by atoms with Crippen molar-refractivity contribution in [2.24, 2.45) is 0 Å². The van der Waals surface area contributed by atoms with Crippen molar-refractivity contribution in [1.29, 1.82) is 0 Å². The van der Waals surface area contributed by atoms with Crippen molar-refractivity contribution in [2.45, 2.75) is 32.0 Å². The summed E-state index contributed by atoms with van der Waals surface area (Å²) < 4.78 is 10.7. The summed E-state index contributed by atoms with van der Waals surface area (Å²) >= 11 is 7.00. The van der Waals surface area contributed by atoms with Crippen LogP contribution in [-0.4, -0.2) is 16.1 Å². The van der Waals surface area contributed by atoms with Gasteiger partial charge in [0.15, 0.2) is 0 Å². The molecule has 1 aromatic carbocycles. The maximum atomic E-state index is 11.6. The zero-order chi connectivity index (χ0) is 16.4. The summed E-state index contributed by atoms with van der Waals surface area (Å²) in [5, 5.41) is 1.63. The van der Waals surface area contributed by atoms with Crippen molar-refractivity contribution in [3.8, 4) is 5.75 Å². The van der Waals surface area contributed by atoms with E-state index in [4.69, 9.17) is 9.15 Å². The van der Waals surface area contributed by atoms with E-state index in [0.29, 0.717) is 23.3 Å². The van der Waals surface area contributed by atoms with Crippen LogP contribution in [0.3, 0.4) is 0 Å². The van der Waals surface area contributed by atoms with Crippen molar-refractivity contribution >= 4 is 48.8 Å². The Balaban J connectivity index is 2.74. The van der Waals surface area contributed by atoms with E-state index >= 15 is 0 Å².